The summed E-state index contributed by atoms with van der Waals surface area (Å²) in [5.74, 6) is -0.237. The van der Waals surface area contributed by atoms with E-state index in [1.54, 1.807) is 19.1 Å². The Balaban J connectivity index is 1.88. The summed E-state index contributed by atoms with van der Waals surface area (Å²) in [5, 5.41) is 0.677. The molecule has 5 nitrogen and oxygen atoms in total. The van der Waals surface area contributed by atoms with Crippen LogP contribution in [0.5, 0.6) is 0 Å². The highest BCUT2D eigenvalue weighted by atomic mass is 35.5. The Kier molecular flexibility index (Phi) is 5.55. The van der Waals surface area contributed by atoms with E-state index in [1.165, 1.54) is 23.5 Å². The molecule has 142 valence electrons. The monoisotopic (exact) mass is 422 g/mol. The van der Waals surface area contributed by atoms with Crippen molar-refractivity contribution in [3.63, 3.8) is 0 Å². The van der Waals surface area contributed by atoms with Crippen molar-refractivity contribution in [1.29, 1.82) is 0 Å². The van der Waals surface area contributed by atoms with Crippen molar-refractivity contribution in [2.24, 2.45) is 12.0 Å². The van der Waals surface area contributed by atoms with E-state index in [-0.39, 0.29) is 23.0 Å². The van der Waals surface area contributed by atoms with Gasteiger partial charge in [-0.3, -0.25) is 4.79 Å². The number of hydrogen-bond acceptors (Lipinski definition) is 4. The van der Waals surface area contributed by atoms with Gasteiger partial charge in [0, 0.05) is 12.1 Å². The smallest absolute Gasteiger partial charge is 0.252 e. The highest BCUT2D eigenvalue weighted by Gasteiger charge is 2.12. The van der Waals surface area contributed by atoms with Crippen molar-refractivity contribution < 1.29 is 13.2 Å². The summed E-state index contributed by atoms with van der Waals surface area (Å²) < 4.78 is 26.6. The number of benzene rings is 2. The third-order valence-corrected chi connectivity index (χ3v) is 7.65. The molecular weight excluding hydrogens is 404 g/mol. The lowest BCUT2D eigenvalue weighted by Gasteiger charge is -2.03. The average molecular weight is 423 g/mol. The van der Waals surface area contributed by atoms with Crippen molar-refractivity contribution in [3.05, 3.63) is 57.3 Å². The zero-order valence-corrected chi connectivity index (χ0v) is 17.6. The van der Waals surface area contributed by atoms with E-state index in [0.29, 0.717) is 9.82 Å². The van der Waals surface area contributed by atoms with E-state index in [2.05, 4.69) is 4.99 Å². The Morgan fingerprint density at radius 3 is 2.48 bits per heavy atom. The SMILES string of the molecule is CCS(=O)(=O)c1ccc(CC(=O)N=c2sc3ccc(Cl)c(C)c3n2C)cc1. The van der Waals surface area contributed by atoms with Crippen molar-refractivity contribution in [3.8, 4) is 0 Å². The summed E-state index contributed by atoms with van der Waals surface area (Å²) in [6.07, 6.45) is 0.112. The number of rotatable bonds is 4. The summed E-state index contributed by atoms with van der Waals surface area (Å²) in [5.41, 5.74) is 2.64. The summed E-state index contributed by atoms with van der Waals surface area (Å²) >= 11 is 7.62. The number of aryl methyl sites for hydroxylation is 2. The fourth-order valence-corrected chi connectivity index (χ4v) is 4.94. The standard InChI is InChI=1S/C19H19ClN2O3S2/c1-4-27(24,25)14-7-5-13(6-8-14)11-17(23)21-19-22(3)18-12(2)15(20)9-10-16(18)26-19/h5-10H,4,11H2,1-3H3. The lowest BCUT2D eigenvalue weighted by molar-refractivity contribution is -0.117. The van der Waals surface area contributed by atoms with E-state index < -0.39 is 9.84 Å². The molecule has 1 heterocycles. The van der Waals surface area contributed by atoms with Gasteiger partial charge in [-0.15, -0.1) is 0 Å². The van der Waals surface area contributed by atoms with Crippen LogP contribution >= 0.6 is 22.9 Å². The molecule has 0 aliphatic carbocycles. The zero-order valence-electron chi connectivity index (χ0n) is 15.2. The van der Waals surface area contributed by atoms with Gasteiger partial charge in [0.1, 0.15) is 0 Å². The first-order valence-electron chi connectivity index (χ1n) is 8.37. The van der Waals surface area contributed by atoms with Crippen LogP contribution in [0, 0.1) is 6.92 Å². The van der Waals surface area contributed by atoms with E-state index in [0.717, 1.165) is 21.3 Å². The third-order valence-electron chi connectivity index (χ3n) is 4.39. The maximum absolute atomic E-state index is 12.4. The molecule has 3 rings (SSSR count). The second-order valence-electron chi connectivity index (χ2n) is 6.19. The van der Waals surface area contributed by atoms with Gasteiger partial charge in [-0.2, -0.15) is 4.99 Å². The maximum Gasteiger partial charge on any atom is 0.252 e. The molecule has 0 radical (unpaired) electrons. The van der Waals surface area contributed by atoms with Crippen LogP contribution in [-0.2, 0) is 28.1 Å². The lowest BCUT2D eigenvalue weighted by atomic mass is 10.1. The molecule has 0 atom stereocenters. The predicted octanol–water partition coefficient (Wildman–Crippen LogP) is 3.67. The molecule has 2 aromatic carbocycles. The Bertz CT molecular complexity index is 1190. The second-order valence-corrected chi connectivity index (χ2v) is 9.89. The normalized spacial score (nSPS) is 12.7. The van der Waals surface area contributed by atoms with Crippen molar-refractivity contribution in [2.45, 2.75) is 25.2 Å². The fraction of sp³-hybridized carbons (Fsp3) is 0.263. The quantitative estimate of drug-likeness (QED) is 0.644. The van der Waals surface area contributed by atoms with E-state index >= 15 is 0 Å². The fourth-order valence-electron chi connectivity index (χ4n) is 2.81. The molecule has 0 N–H and O–H groups in total. The number of amides is 1. The highest BCUT2D eigenvalue weighted by molar-refractivity contribution is 7.91. The first-order valence-corrected chi connectivity index (χ1v) is 11.2. The Morgan fingerprint density at radius 2 is 1.85 bits per heavy atom. The molecule has 0 fully saturated rings. The van der Waals surface area contributed by atoms with E-state index in [4.69, 9.17) is 11.6 Å². The van der Waals surface area contributed by atoms with Gasteiger partial charge < -0.3 is 4.57 Å². The topological polar surface area (TPSA) is 68.5 Å². The van der Waals surface area contributed by atoms with E-state index in [9.17, 15) is 13.2 Å². The number of thiazole rings is 1. The van der Waals surface area contributed by atoms with Gasteiger partial charge in [0.05, 0.1) is 27.3 Å². The lowest BCUT2D eigenvalue weighted by Crippen LogP contribution is -2.14. The Hall–Kier alpha value is -1.96. The molecule has 8 heteroatoms. The molecule has 0 aliphatic rings. The van der Waals surface area contributed by atoms with Crippen LogP contribution in [0.15, 0.2) is 46.3 Å². The van der Waals surface area contributed by atoms with Crippen LogP contribution in [0.25, 0.3) is 10.2 Å². The second kappa shape index (κ2) is 7.58. The Morgan fingerprint density at radius 1 is 1.19 bits per heavy atom. The van der Waals surface area contributed by atoms with Crippen LogP contribution < -0.4 is 4.80 Å². The number of nitrogens with zero attached hydrogens (tertiary/aromatic N) is 2. The first kappa shape index (κ1) is 19.8. The van der Waals surface area contributed by atoms with E-state index in [1.807, 2.05) is 30.7 Å². The van der Waals surface area contributed by atoms with Gasteiger partial charge in [0.15, 0.2) is 14.6 Å². The number of halogens is 1. The third kappa shape index (κ3) is 4.00. The van der Waals surface area contributed by atoms with Crippen LogP contribution in [0.1, 0.15) is 18.1 Å². The van der Waals surface area contributed by atoms with Crippen LogP contribution in [0.3, 0.4) is 0 Å². The largest absolute Gasteiger partial charge is 0.319 e. The number of carbonyl (C=O) groups excluding carboxylic acids is 1. The molecule has 0 aliphatic heterocycles. The molecule has 0 unspecified atom stereocenters. The van der Waals surface area contributed by atoms with Gasteiger partial charge in [0.2, 0.25) is 0 Å². The highest BCUT2D eigenvalue weighted by Crippen LogP contribution is 2.26. The summed E-state index contributed by atoms with van der Waals surface area (Å²) in [4.78, 5) is 17.5. The number of fused-ring (bicyclic) bond motifs is 1. The molecule has 27 heavy (non-hydrogen) atoms. The maximum atomic E-state index is 12.4. The van der Waals surface area contributed by atoms with Gasteiger partial charge in [0.25, 0.3) is 5.91 Å². The number of hydrogen-bond donors (Lipinski definition) is 0. The zero-order chi connectivity index (χ0) is 19.8. The van der Waals surface area contributed by atoms with Crippen LogP contribution in [-0.4, -0.2) is 24.6 Å². The predicted molar refractivity (Wildman–Crippen MR) is 109 cm³/mol. The first-order chi connectivity index (χ1) is 12.7. The van der Waals surface area contributed by atoms with Gasteiger partial charge in [-0.1, -0.05) is 42.0 Å². The molecule has 1 aromatic heterocycles. The van der Waals surface area contributed by atoms with Gasteiger partial charge in [-0.05, 0) is 42.3 Å². The minimum atomic E-state index is -3.24. The van der Waals surface area contributed by atoms with Crippen LogP contribution in [0.2, 0.25) is 5.02 Å². The molecule has 1 amide bonds. The van der Waals surface area contributed by atoms with Crippen molar-refractivity contribution in [1.82, 2.24) is 4.57 Å². The minimum Gasteiger partial charge on any atom is -0.319 e. The Labute approximate surface area is 166 Å². The van der Waals surface area contributed by atoms with Crippen molar-refractivity contribution in [2.75, 3.05) is 5.75 Å². The van der Waals surface area contributed by atoms with Gasteiger partial charge in [-0.25, -0.2) is 8.42 Å². The number of sulfone groups is 1. The molecule has 0 spiro atoms. The molecule has 0 saturated heterocycles. The average Bonchev–Trinajstić information content (AvgIpc) is 2.95. The molecular formula is C19H19ClN2O3S2. The minimum absolute atomic E-state index is 0.0481. The van der Waals surface area contributed by atoms with Crippen molar-refractivity contribution >= 4 is 48.9 Å². The molecule has 3 aromatic rings. The van der Waals surface area contributed by atoms with Gasteiger partial charge >= 0.3 is 0 Å². The number of aromatic nitrogens is 1. The summed E-state index contributed by atoms with van der Waals surface area (Å²) in [6.45, 7) is 3.54. The molecule has 0 saturated carbocycles. The van der Waals surface area contributed by atoms with Crippen LogP contribution in [0.4, 0.5) is 0 Å². The summed E-state index contributed by atoms with van der Waals surface area (Å²) in [6, 6.07) is 10.1. The summed E-state index contributed by atoms with van der Waals surface area (Å²) in [7, 11) is -1.38. The molecule has 0 bridgehead atoms. The number of carbonyl (C=O) groups is 1.